The topological polar surface area (TPSA) is 17.1 Å². The van der Waals surface area contributed by atoms with Crippen LogP contribution in [0.15, 0.2) is 84.9 Å². The van der Waals surface area contributed by atoms with Crippen LogP contribution < -0.4 is 0 Å². The van der Waals surface area contributed by atoms with E-state index in [-0.39, 0.29) is 5.78 Å². The Labute approximate surface area is 135 Å². The Hall–Kier alpha value is -2.93. The summed E-state index contributed by atoms with van der Waals surface area (Å²) in [4.78, 5) is 12.5. The Morgan fingerprint density at radius 2 is 1.30 bits per heavy atom. The SMILES string of the molecule is O=C(Cc1cccc2cc3ccccc3cc12)c1ccccc1. The number of benzene rings is 4. The van der Waals surface area contributed by atoms with Gasteiger partial charge in [0.2, 0.25) is 0 Å². The molecule has 4 aromatic rings. The van der Waals surface area contributed by atoms with Gasteiger partial charge in [0.1, 0.15) is 0 Å². The standard InChI is InChI=1S/C22H16O/c23-22(16-7-2-1-3-8-16)15-20-12-6-11-19-13-17-9-4-5-10-18(17)14-21(19)20/h1-14H,15H2. The van der Waals surface area contributed by atoms with Gasteiger partial charge in [-0.15, -0.1) is 0 Å². The second kappa shape index (κ2) is 5.69. The molecular formula is C22H16O. The van der Waals surface area contributed by atoms with E-state index < -0.39 is 0 Å². The van der Waals surface area contributed by atoms with E-state index in [9.17, 15) is 4.79 Å². The fourth-order valence-corrected chi connectivity index (χ4v) is 3.08. The van der Waals surface area contributed by atoms with Gasteiger partial charge in [-0.05, 0) is 39.2 Å². The predicted octanol–water partition coefficient (Wildman–Crippen LogP) is 5.42. The maximum atomic E-state index is 12.5. The quantitative estimate of drug-likeness (QED) is 0.364. The lowest BCUT2D eigenvalue weighted by Crippen LogP contribution is -2.03. The largest absolute Gasteiger partial charge is 0.294 e. The van der Waals surface area contributed by atoms with Gasteiger partial charge in [-0.25, -0.2) is 0 Å². The molecule has 0 fully saturated rings. The molecule has 0 unspecified atom stereocenters. The summed E-state index contributed by atoms with van der Waals surface area (Å²) in [6, 6.07) is 28.4. The lowest BCUT2D eigenvalue weighted by Gasteiger charge is -2.08. The van der Waals surface area contributed by atoms with Crippen LogP contribution in [0.25, 0.3) is 21.5 Å². The molecule has 0 amide bonds. The Morgan fingerprint density at radius 1 is 0.652 bits per heavy atom. The third-order valence-electron chi connectivity index (χ3n) is 4.28. The van der Waals surface area contributed by atoms with Gasteiger partial charge in [0.05, 0.1) is 0 Å². The first kappa shape index (κ1) is 13.7. The number of hydrogen-bond donors (Lipinski definition) is 0. The van der Waals surface area contributed by atoms with Gasteiger partial charge in [-0.3, -0.25) is 4.79 Å². The van der Waals surface area contributed by atoms with Gasteiger partial charge in [0.15, 0.2) is 5.78 Å². The molecule has 0 N–H and O–H groups in total. The molecule has 0 aliphatic rings. The average Bonchev–Trinajstić information content (AvgIpc) is 2.61. The van der Waals surface area contributed by atoms with Crippen LogP contribution in [-0.4, -0.2) is 5.78 Å². The molecular weight excluding hydrogens is 280 g/mol. The van der Waals surface area contributed by atoms with E-state index in [0.29, 0.717) is 6.42 Å². The van der Waals surface area contributed by atoms with Crippen LogP contribution in [0.5, 0.6) is 0 Å². The maximum absolute atomic E-state index is 12.5. The predicted molar refractivity (Wildman–Crippen MR) is 95.9 cm³/mol. The van der Waals surface area contributed by atoms with Gasteiger partial charge in [-0.1, -0.05) is 72.8 Å². The van der Waals surface area contributed by atoms with Gasteiger partial charge in [0, 0.05) is 12.0 Å². The Morgan fingerprint density at radius 3 is 2.09 bits per heavy atom. The average molecular weight is 296 g/mol. The summed E-state index contributed by atoms with van der Waals surface area (Å²) in [5.74, 6) is 0.159. The first-order valence-corrected chi connectivity index (χ1v) is 7.80. The summed E-state index contributed by atoms with van der Waals surface area (Å²) >= 11 is 0. The van der Waals surface area contributed by atoms with Crippen molar-refractivity contribution in [2.75, 3.05) is 0 Å². The molecule has 0 aliphatic carbocycles. The molecule has 4 aromatic carbocycles. The molecule has 110 valence electrons. The summed E-state index contributed by atoms with van der Waals surface area (Å²) in [6.45, 7) is 0. The number of carbonyl (C=O) groups excluding carboxylic acids is 1. The van der Waals surface area contributed by atoms with Crippen molar-refractivity contribution < 1.29 is 4.79 Å². The van der Waals surface area contributed by atoms with E-state index in [1.54, 1.807) is 0 Å². The van der Waals surface area contributed by atoms with Gasteiger partial charge in [0.25, 0.3) is 0 Å². The molecule has 4 rings (SSSR count). The van der Waals surface area contributed by atoms with Gasteiger partial charge >= 0.3 is 0 Å². The van der Waals surface area contributed by atoms with E-state index >= 15 is 0 Å². The summed E-state index contributed by atoms with van der Waals surface area (Å²) in [6.07, 6.45) is 0.430. The van der Waals surface area contributed by atoms with Crippen molar-refractivity contribution in [1.29, 1.82) is 0 Å². The fraction of sp³-hybridized carbons (Fsp3) is 0.0455. The highest BCUT2D eigenvalue weighted by Gasteiger charge is 2.09. The van der Waals surface area contributed by atoms with E-state index in [2.05, 4.69) is 42.5 Å². The molecule has 23 heavy (non-hydrogen) atoms. The minimum Gasteiger partial charge on any atom is -0.294 e. The fourth-order valence-electron chi connectivity index (χ4n) is 3.08. The van der Waals surface area contributed by atoms with Crippen LogP contribution >= 0.6 is 0 Å². The van der Waals surface area contributed by atoms with E-state index in [4.69, 9.17) is 0 Å². The molecule has 0 saturated heterocycles. The van der Waals surface area contributed by atoms with Crippen LogP contribution in [0, 0.1) is 0 Å². The van der Waals surface area contributed by atoms with Gasteiger partial charge in [-0.2, -0.15) is 0 Å². The molecule has 0 aromatic heterocycles. The summed E-state index contributed by atoms with van der Waals surface area (Å²) < 4.78 is 0. The van der Waals surface area contributed by atoms with Crippen molar-refractivity contribution in [2.24, 2.45) is 0 Å². The lowest BCUT2D eigenvalue weighted by molar-refractivity contribution is 0.0993. The van der Waals surface area contributed by atoms with Crippen molar-refractivity contribution in [3.63, 3.8) is 0 Å². The van der Waals surface area contributed by atoms with Crippen molar-refractivity contribution in [3.05, 3.63) is 96.1 Å². The van der Waals surface area contributed by atoms with Gasteiger partial charge < -0.3 is 0 Å². The second-order valence-corrected chi connectivity index (χ2v) is 5.80. The minimum atomic E-state index is 0.159. The van der Waals surface area contributed by atoms with E-state index in [0.717, 1.165) is 16.5 Å². The maximum Gasteiger partial charge on any atom is 0.167 e. The number of hydrogen-bond acceptors (Lipinski definition) is 1. The zero-order chi connectivity index (χ0) is 15.6. The van der Waals surface area contributed by atoms with Crippen LogP contribution in [0.3, 0.4) is 0 Å². The summed E-state index contributed by atoms with van der Waals surface area (Å²) in [5, 5.41) is 4.78. The third-order valence-corrected chi connectivity index (χ3v) is 4.28. The number of fused-ring (bicyclic) bond motifs is 2. The second-order valence-electron chi connectivity index (χ2n) is 5.80. The van der Waals surface area contributed by atoms with Crippen molar-refractivity contribution in [3.8, 4) is 0 Å². The number of carbonyl (C=O) groups is 1. The first-order valence-electron chi connectivity index (χ1n) is 7.80. The molecule has 0 bridgehead atoms. The molecule has 0 saturated carbocycles. The summed E-state index contributed by atoms with van der Waals surface area (Å²) in [5.41, 5.74) is 1.85. The molecule has 0 spiro atoms. The zero-order valence-electron chi connectivity index (χ0n) is 12.7. The molecule has 0 heterocycles. The van der Waals surface area contributed by atoms with Crippen molar-refractivity contribution >= 4 is 27.3 Å². The minimum absolute atomic E-state index is 0.159. The molecule has 0 atom stereocenters. The highest BCUT2D eigenvalue weighted by molar-refractivity contribution is 6.03. The van der Waals surface area contributed by atoms with Crippen molar-refractivity contribution in [2.45, 2.75) is 6.42 Å². The van der Waals surface area contributed by atoms with Crippen LogP contribution in [0.4, 0.5) is 0 Å². The lowest BCUT2D eigenvalue weighted by atomic mass is 9.95. The number of ketones is 1. The van der Waals surface area contributed by atoms with Crippen LogP contribution in [-0.2, 0) is 6.42 Å². The first-order chi connectivity index (χ1) is 11.3. The van der Waals surface area contributed by atoms with Crippen LogP contribution in [0.2, 0.25) is 0 Å². The zero-order valence-corrected chi connectivity index (χ0v) is 12.7. The molecule has 0 radical (unpaired) electrons. The highest BCUT2D eigenvalue weighted by atomic mass is 16.1. The number of rotatable bonds is 3. The smallest absolute Gasteiger partial charge is 0.167 e. The van der Waals surface area contributed by atoms with Crippen LogP contribution in [0.1, 0.15) is 15.9 Å². The van der Waals surface area contributed by atoms with Crippen molar-refractivity contribution in [1.82, 2.24) is 0 Å². The van der Waals surface area contributed by atoms with E-state index in [1.807, 2.05) is 42.5 Å². The molecule has 0 aliphatic heterocycles. The highest BCUT2D eigenvalue weighted by Crippen LogP contribution is 2.26. The van der Waals surface area contributed by atoms with E-state index in [1.165, 1.54) is 16.2 Å². The summed E-state index contributed by atoms with van der Waals surface area (Å²) in [7, 11) is 0. The molecule has 1 heteroatoms. The Bertz CT molecular complexity index is 1000. The number of Topliss-reactive ketones (excluding diaryl/α,β-unsaturated/α-hetero) is 1. The Balaban J connectivity index is 1.80. The Kier molecular flexibility index (Phi) is 3.39. The monoisotopic (exact) mass is 296 g/mol. The molecule has 1 nitrogen and oxygen atoms in total. The third kappa shape index (κ3) is 2.62. The normalized spacial score (nSPS) is 11.0.